The van der Waals surface area contributed by atoms with Gasteiger partial charge < -0.3 is 11.1 Å². The number of nitrogens with zero attached hydrogens (tertiary/aromatic N) is 1. The minimum atomic E-state index is -0.168. The van der Waals surface area contributed by atoms with Crippen molar-refractivity contribution in [1.29, 1.82) is 0 Å². The summed E-state index contributed by atoms with van der Waals surface area (Å²) in [4.78, 5) is 16.1. The van der Waals surface area contributed by atoms with E-state index in [1.165, 1.54) is 0 Å². The summed E-state index contributed by atoms with van der Waals surface area (Å²) in [6.45, 7) is 3.81. The van der Waals surface area contributed by atoms with Gasteiger partial charge in [-0.1, -0.05) is 12.1 Å². The molecule has 4 heteroatoms. The van der Waals surface area contributed by atoms with Crippen LogP contribution < -0.4 is 11.1 Å². The van der Waals surface area contributed by atoms with Gasteiger partial charge in [-0.2, -0.15) is 0 Å². The van der Waals surface area contributed by atoms with E-state index in [9.17, 15) is 4.79 Å². The predicted octanol–water partition coefficient (Wildman–Crippen LogP) is 2.66. The van der Waals surface area contributed by atoms with E-state index in [4.69, 9.17) is 5.73 Å². The maximum absolute atomic E-state index is 12.1. The number of rotatable bonds is 3. The van der Waals surface area contributed by atoms with E-state index < -0.39 is 0 Å². The zero-order valence-electron chi connectivity index (χ0n) is 11.1. The van der Waals surface area contributed by atoms with Gasteiger partial charge in [0.2, 0.25) is 0 Å². The largest absolute Gasteiger partial charge is 0.324 e. The molecule has 3 N–H and O–H groups in total. The van der Waals surface area contributed by atoms with Crippen LogP contribution in [0, 0.1) is 6.92 Å². The van der Waals surface area contributed by atoms with E-state index in [0.717, 1.165) is 16.8 Å². The second kappa shape index (κ2) is 5.63. The maximum atomic E-state index is 12.1. The Hall–Kier alpha value is -2.20. The van der Waals surface area contributed by atoms with E-state index in [1.54, 1.807) is 18.5 Å². The lowest BCUT2D eigenvalue weighted by molar-refractivity contribution is 0.102. The molecular weight excluding hydrogens is 238 g/mol. The number of amides is 1. The summed E-state index contributed by atoms with van der Waals surface area (Å²) in [5.74, 6) is -0.168. The molecule has 0 aliphatic rings. The van der Waals surface area contributed by atoms with Crippen LogP contribution >= 0.6 is 0 Å². The fraction of sp³-hybridized carbons (Fsp3) is 0.200. The van der Waals surface area contributed by atoms with Crippen LogP contribution in [0.3, 0.4) is 0 Å². The zero-order chi connectivity index (χ0) is 13.8. The number of hydrogen-bond acceptors (Lipinski definition) is 3. The van der Waals surface area contributed by atoms with Crippen LogP contribution in [0.1, 0.15) is 34.5 Å². The van der Waals surface area contributed by atoms with Gasteiger partial charge in [0.05, 0.1) is 5.56 Å². The quantitative estimate of drug-likeness (QED) is 0.886. The molecule has 1 atom stereocenters. The molecule has 19 heavy (non-hydrogen) atoms. The molecule has 1 amide bonds. The molecule has 1 aromatic heterocycles. The molecule has 1 aromatic carbocycles. The number of nitrogens with two attached hydrogens (primary N) is 1. The molecule has 0 aliphatic carbocycles. The second-order valence-electron chi connectivity index (χ2n) is 4.62. The Bertz CT molecular complexity index is 593. The monoisotopic (exact) mass is 255 g/mol. The highest BCUT2D eigenvalue weighted by Crippen LogP contribution is 2.16. The van der Waals surface area contributed by atoms with Crippen LogP contribution in [0.25, 0.3) is 0 Å². The Kier molecular flexibility index (Phi) is 3.92. The Labute approximate surface area is 112 Å². The summed E-state index contributed by atoms with van der Waals surface area (Å²) < 4.78 is 0. The Balaban J connectivity index is 2.17. The van der Waals surface area contributed by atoms with Gasteiger partial charge >= 0.3 is 0 Å². The molecule has 0 radical (unpaired) electrons. The van der Waals surface area contributed by atoms with E-state index in [1.807, 2.05) is 38.1 Å². The normalized spacial score (nSPS) is 11.9. The third-order valence-corrected chi connectivity index (χ3v) is 2.81. The first-order valence-electron chi connectivity index (χ1n) is 6.15. The smallest absolute Gasteiger partial charge is 0.257 e. The van der Waals surface area contributed by atoms with E-state index in [2.05, 4.69) is 10.3 Å². The number of nitrogens with one attached hydrogen (secondary N) is 1. The fourth-order valence-corrected chi connectivity index (χ4v) is 1.78. The number of hydrogen-bond donors (Lipinski definition) is 2. The molecule has 2 aromatic rings. The first-order valence-corrected chi connectivity index (χ1v) is 6.15. The summed E-state index contributed by atoms with van der Waals surface area (Å²) in [6, 6.07) is 9.28. The number of carbonyl (C=O) groups is 1. The highest BCUT2D eigenvalue weighted by molar-refractivity contribution is 6.04. The molecule has 4 nitrogen and oxygen atoms in total. The molecule has 2 rings (SSSR count). The van der Waals surface area contributed by atoms with Gasteiger partial charge in [-0.25, -0.2) is 0 Å². The molecule has 0 fully saturated rings. The van der Waals surface area contributed by atoms with Crippen LogP contribution in [0.4, 0.5) is 5.69 Å². The molecule has 0 bridgehead atoms. The van der Waals surface area contributed by atoms with Crippen molar-refractivity contribution in [2.24, 2.45) is 5.73 Å². The van der Waals surface area contributed by atoms with Crippen molar-refractivity contribution in [3.63, 3.8) is 0 Å². The second-order valence-corrected chi connectivity index (χ2v) is 4.62. The van der Waals surface area contributed by atoms with Gasteiger partial charge in [0.1, 0.15) is 0 Å². The Morgan fingerprint density at radius 2 is 2.11 bits per heavy atom. The minimum Gasteiger partial charge on any atom is -0.324 e. The number of aromatic nitrogens is 1. The average Bonchev–Trinajstić information content (AvgIpc) is 2.39. The van der Waals surface area contributed by atoms with Gasteiger partial charge in [0, 0.05) is 24.1 Å². The zero-order valence-corrected chi connectivity index (χ0v) is 11.1. The van der Waals surface area contributed by atoms with Gasteiger partial charge in [0.15, 0.2) is 0 Å². The Morgan fingerprint density at radius 3 is 2.79 bits per heavy atom. The van der Waals surface area contributed by atoms with Gasteiger partial charge in [-0.05, 0) is 43.2 Å². The van der Waals surface area contributed by atoms with Gasteiger partial charge in [-0.15, -0.1) is 0 Å². The van der Waals surface area contributed by atoms with Crippen molar-refractivity contribution in [2.45, 2.75) is 19.9 Å². The van der Waals surface area contributed by atoms with Gasteiger partial charge in [-0.3, -0.25) is 9.78 Å². The molecule has 1 heterocycles. The van der Waals surface area contributed by atoms with Crippen molar-refractivity contribution in [3.8, 4) is 0 Å². The van der Waals surface area contributed by atoms with Crippen molar-refractivity contribution >= 4 is 11.6 Å². The summed E-state index contributed by atoms with van der Waals surface area (Å²) in [5, 5.41) is 2.85. The summed E-state index contributed by atoms with van der Waals surface area (Å²) in [7, 11) is 0. The number of benzene rings is 1. The Morgan fingerprint density at radius 1 is 1.32 bits per heavy atom. The summed E-state index contributed by atoms with van der Waals surface area (Å²) in [5.41, 5.74) is 9.05. The lowest BCUT2D eigenvalue weighted by Gasteiger charge is -2.09. The van der Waals surface area contributed by atoms with Crippen LogP contribution in [0.2, 0.25) is 0 Å². The van der Waals surface area contributed by atoms with Crippen LogP contribution in [-0.4, -0.2) is 10.9 Å². The third-order valence-electron chi connectivity index (χ3n) is 2.81. The lowest BCUT2D eigenvalue weighted by atomic mass is 10.1. The number of carbonyl (C=O) groups excluding carboxylic acids is 1. The predicted molar refractivity (Wildman–Crippen MR) is 76.0 cm³/mol. The molecule has 0 spiro atoms. The SMILES string of the molecule is Cc1cncc(C(=O)Nc2cccc(C(C)N)c2)c1. The van der Waals surface area contributed by atoms with E-state index >= 15 is 0 Å². The van der Waals surface area contributed by atoms with Crippen LogP contribution in [0.15, 0.2) is 42.7 Å². The maximum Gasteiger partial charge on any atom is 0.257 e. The van der Waals surface area contributed by atoms with Crippen molar-refractivity contribution < 1.29 is 4.79 Å². The molecule has 98 valence electrons. The first kappa shape index (κ1) is 13.2. The molecule has 0 aliphatic heterocycles. The highest BCUT2D eigenvalue weighted by Gasteiger charge is 2.07. The minimum absolute atomic E-state index is 0.0579. The van der Waals surface area contributed by atoms with Crippen molar-refractivity contribution in [3.05, 3.63) is 59.4 Å². The number of aryl methyl sites for hydroxylation is 1. The average molecular weight is 255 g/mol. The standard InChI is InChI=1S/C15H17N3O/c1-10-6-13(9-17-8-10)15(19)18-14-5-3-4-12(7-14)11(2)16/h3-9,11H,16H2,1-2H3,(H,18,19). The summed E-state index contributed by atoms with van der Waals surface area (Å²) >= 11 is 0. The molecule has 0 saturated carbocycles. The van der Waals surface area contributed by atoms with Gasteiger partial charge in [0.25, 0.3) is 5.91 Å². The number of pyridine rings is 1. The molecule has 0 saturated heterocycles. The molecular formula is C15H17N3O. The van der Waals surface area contributed by atoms with E-state index in [0.29, 0.717) is 5.56 Å². The highest BCUT2D eigenvalue weighted by atomic mass is 16.1. The first-order chi connectivity index (χ1) is 9.06. The van der Waals surface area contributed by atoms with Crippen LogP contribution in [0.5, 0.6) is 0 Å². The molecule has 1 unspecified atom stereocenters. The lowest BCUT2D eigenvalue weighted by Crippen LogP contribution is -2.13. The van der Waals surface area contributed by atoms with E-state index in [-0.39, 0.29) is 11.9 Å². The third kappa shape index (κ3) is 3.39. The fourth-order valence-electron chi connectivity index (χ4n) is 1.78. The van der Waals surface area contributed by atoms with Crippen LogP contribution in [-0.2, 0) is 0 Å². The van der Waals surface area contributed by atoms with Crippen molar-refractivity contribution in [2.75, 3.05) is 5.32 Å². The van der Waals surface area contributed by atoms with Crippen molar-refractivity contribution in [1.82, 2.24) is 4.98 Å². The summed E-state index contributed by atoms with van der Waals surface area (Å²) in [6.07, 6.45) is 3.27. The number of anilines is 1. The topological polar surface area (TPSA) is 68.0 Å².